The van der Waals surface area contributed by atoms with Crippen molar-refractivity contribution in [2.45, 2.75) is 13.1 Å². The van der Waals surface area contributed by atoms with E-state index in [0.717, 1.165) is 4.90 Å². The summed E-state index contributed by atoms with van der Waals surface area (Å²) in [5.74, 6) is -4.90. The summed E-state index contributed by atoms with van der Waals surface area (Å²) in [4.78, 5) is 24.1. The molecule has 1 aliphatic rings. The number of nitrogens with zero attached hydrogens (tertiary/aromatic N) is 1. The summed E-state index contributed by atoms with van der Waals surface area (Å²) < 4.78 is 44.0. The molecule has 1 aromatic carbocycles. The molecule has 2 rings (SSSR count). The maximum atomic E-state index is 13.0. The zero-order chi connectivity index (χ0) is 18.9. The molecule has 2 N–H and O–H groups in total. The molecule has 1 fully saturated rings. The molecule has 0 bridgehead atoms. The number of ether oxygens (including phenoxy) is 1. The van der Waals surface area contributed by atoms with Gasteiger partial charge in [0.05, 0.1) is 29.7 Å². The lowest BCUT2D eigenvalue weighted by Crippen LogP contribution is -2.35. The van der Waals surface area contributed by atoms with Crippen LogP contribution in [0.4, 0.5) is 23.7 Å². The Balaban J connectivity index is 2.17. The molecular formula is C15H16ClF3N2O4. The number of benzene rings is 1. The largest absolute Gasteiger partial charge is 0.496 e. The Bertz CT molecular complexity index is 696. The predicted octanol–water partition coefficient (Wildman–Crippen LogP) is 3.38. The van der Waals surface area contributed by atoms with E-state index in [9.17, 15) is 22.8 Å². The Morgan fingerprint density at radius 2 is 2.00 bits per heavy atom. The number of aryl methyl sites for hydroxylation is 1. The Morgan fingerprint density at radius 1 is 1.36 bits per heavy atom. The highest BCUT2D eigenvalue weighted by Crippen LogP contribution is 2.38. The number of nitrogens with one attached hydrogen (secondary N) is 1. The third-order valence-electron chi connectivity index (χ3n) is 4.07. The monoisotopic (exact) mass is 380 g/mol. The maximum Gasteiger partial charge on any atom is 0.394 e. The van der Waals surface area contributed by atoms with E-state index in [1.165, 1.54) is 19.2 Å². The van der Waals surface area contributed by atoms with Gasteiger partial charge in [-0.1, -0.05) is 11.6 Å². The number of urea groups is 1. The van der Waals surface area contributed by atoms with Crippen molar-refractivity contribution < 1.29 is 32.6 Å². The number of alkyl halides is 3. The van der Waals surface area contributed by atoms with Crippen molar-refractivity contribution in [2.75, 3.05) is 25.5 Å². The number of anilines is 1. The second-order valence-electron chi connectivity index (χ2n) is 5.73. The van der Waals surface area contributed by atoms with Gasteiger partial charge in [-0.25, -0.2) is 4.79 Å². The normalized spacial score (nSPS) is 20.5. The van der Waals surface area contributed by atoms with Gasteiger partial charge in [0.25, 0.3) is 0 Å². The number of carbonyl (C=O) groups is 2. The number of likely N-dealkylation sites (tertiary alicyclic amines) is 1. The number of hydrogen-bond acceptors (Lipinski definition) is 3. The van der Waals surface area contributed by atoms with Gasteiger partial charge in [-0.2, -0.15) is 13.2 Å². The van der Waals surface area contributed by atoms with Crippen LogP contribution < -0.4 is 10.1 Å². The molecule has 0 aromatic heterocycles. The molecule has 0 unspecified atom stereocenters. The Kier molecular flexibility index (Phi) is 5.36. The maximum absolute atomic E-state index is 13.0. The lowest BCUT2D eigenvalue weighted by Gasteiger charge is -2.19. The van der Waals surface area contributed by atoms with E-state index in [-0.39, 0.29) is 10.7 Å². The van der Waals surface area contributed by atoms with Crippen molar-refractivity contribution in [1.82, 2.24) is 4.90 Å². The summed E-state index contributed by atoms with van der Waals surface area (Å²) in [7, 11) is 1.45. The summed E-state index contributed by atoms with van der Waals surface area (Å²) in [6.45, 7) is 0.456. The van der Waals surface area contributed by atoms with Crippen LogP contribution in [0.5, 0.6) is 5.75 Å². The van der Waals surface area contributed by atoms with E-state index in [2.05, 4.69) is 5.32 Å². The van der Waals surface area contributed by atoms with Crippen LogP contribution in [0, 0.1) is 18.8 Å². The Hall–Kier alpha value is -2.16. The van der Waals surface area contributed by atoms with E-state index >= 15 is 0 Å². The number of aliphatic carboxylic acids is 1. The van der Waals surface area contributed by atoms with Gasteiger partial charge in [0.2, 0.25) is 0 Å². The molecule has 2 amide bonds. The molecule has 1 saturated heterocycles. The van der Waals surface area contributed by atoms with Gasteiger partial charge in [-0.05, 0) is 18.6 Å². The smallest absolute Gasteiger partial charge is 0.394 e. The van der Waals surface area contributed by atoms with Gasteiger partial charge >= 0.3 is 18.2 Å². The van der Waals surface area contributed by atoms with Crippen LogP contribution in [-0.4, -0.2) is 48.4 Å². The molecule has 1 aliphatic heterocycles. The molecule has 2 atom stereocenters. The van der Waals surface area contributed by atoms with Crippen molar-refractivity contribution in [3.05, 3.63) is 22.7 Å². The standard InChI is InChI=1S/C15H16ClF3N2O4/c1-7-3-11(10(16)4-12(7)25-2)20-14(24)21-5-8(13(22)23)9(6-21)15(17,18)19/h3-4,8-9H,5-6H2,1-2H3,(H,20,24)(H,22,23)/t8-,9-/m1/s1. The first-order valence-corrected chi connectivity index (χ1v) is 7.62. The first kappa shape index (κ1) is 19.2. The minimum absolute atomic E-state index is 0.150. The fraction of sp³-hybridized carbons (Fsp3) is 0.467. The summed E-state index contributed by atoms with van der Waals surface area (Å²) in [6, 6.07) is 2.14. The van der Waals surface area contributed by atoms with Gasteiger partial charge < -0.3 is 20.1 Å². The number of halogens is 4. The molecule has 1 aromatic rings. The second kappa shape index (κ2) is 6.99. The van der Waals surface area contributed by atoms with Crippen LogP contribution in [0.25, 0.3) is 0 Å². The number of carbonyl (C=O) groups excluding carboxylic acids is 1. The van der Waals surface area contributed by atoms with Crippen LogP contribution >= 0.6 is 11.6 Å². The minimum atomic E-state index is -4.70. The highest BCUT2D eigenvalue weighted by Gasteiger charge is 2.53. The number of hydrogen-bond donors (Lipinski definition) is 2. The molecule has 0 saturated carbocycles. The van der Waals surface area contributed by atoms with Gasteiger partial charge in [0.15, 0.2) is 0 Å². The molecule has 0 radical (unpaired) electrons. The van der Waals surface area contributed by atoms with Crippen molar-refractivity contribution in [3.8, 4) is 5.75 Å². The van der Waals surface area contributed by atoms with Crippen LogP contribution in [0.15, 0.2) is 12.1 Å². The molecule has 0 spiro atoms. The molecule has 25 heavy (non-hydrogen) atoms. The first-order chi connectivity index (χ1) is 11.5. The molecule has 10 heteroatoms. The number of rotatable bonds is 3. The number of carboxylic acid groups (broad SMARTS) is 1. The van der Waals surface area contributed by atoms with E-state index < -0.39 is 43.1 Å². The van der Waals surface area contributed by atoms with Crippen molar-refractivity contribution in [2.24, 2.45) is 11.8 Å². The Labute approximate surface area is 146 Å². The van der Waals surface area contributed by atoms with Crippen molar-refractivity contribution in [3.63, 3.8) is 0 Å². The summed E-state index contributed by atoms with van der Waals surface area (Å²) in [5.41, 5.74) is 0.868. The van der Waals surface area contributed by atoms with Crippen LogP contribution in [-0.2, 0) is 4.79 Å². The zero-order valence-electron chi connectivity index (χ0n) is 13.4. The molecule has 1 heterocycles. The summed E-state index contributed by atoms with van der Waals surface area (Å²) in [6.07, 6.45) is -4.70. The van der Waals surface area contributed by atoms with Crippen molar-refractivity contribution in [1.29, 1.82) is 0 Å². The first-order valence-electron chi connectivity index (χ1n) is 7.24. The summed E-state index contributed by atoms with van der Waals surface area (Å²) >= 11 is 6.02. The molecule has 6 nitrogen and oxygen atoms in total. The van der Waals surface area contributed by atoms with Gasteiger partial charge in [0, 0.05) is 19.2 Å². The lowest BCUT2D eigenvalue weighted by atomic mass is 9.96. The quantitative estimate of drug-likeness (QED) is 0.842. The van der Waals surface area contributed by atoms with E-state index in [0.29, 0.717) is 11.3 Å². The molecule has 0 aliphatic carbocycles. The number of methoxy groups -OCH3 is 1. The van der Waals surface area contributed by atoms with Gasteiger partial charge in [-0.3, -0.25) is 4.79 Å². The second-order valence-corrected chi connectivity index (χ2v) is 6.14. The van der Waals surface area contributed by atoms with Gasteiger partial charge in [-0.15, -0.1) is 0 Å². The van der Waals surface area contributed by atoms with Crippen LogP contribution in [0.3, 0.4) is 0 Å². The highest BCUT2D eigenvalue weighted by molar-refractivity contribution is 6.33. The van der Waals surface area contributed by atoms with Gasteiger partial charge in [0.1, 0.15) is 5.75 Å². The fourth-order valence-electron chi connectivity index (χ4n) is 2.72. The lowest BCUT2D eigenvalue weighted by molar-refractivity contribution is -0.187. The van der Waals surface area contributed by atoms with Crippen LogP contribution in [0.2, 0.25) is 5.02 Å². The highest BCUT2D eigenvalue weighted by atomic mass is 35.5. The SMILES string of the molecule is COc1cc(Cl)c(NC(=O)N2C[C@@H](C(F)(F)F)[C@H](C(=O)O)C2)cc1C. The summed E-state index contributed by atoms with van der Waals surface area (Å²) in [5, 5.41) is 11.5. The zero-order valence-corrected chi connectivity index (χ0v) is 14.1. The molecule has 138 valence electrons. The topological polar surface area (TPSA) is 78.9 Å². The average molecular weight is 381 g/mol. The minimum Gasteiger partial charge on any atom is -0.496 e. The Morgan fingerprint density at radius 3 is 2.48 bits per heavy atom. The number of carboxylic acids is 1. The molecular weight excluding hydrogens is 365 g/mol. The third kappa shape index (κ3) is 4.09. The van der Waals surface area contributed by atoms with E-state index in [1.54, 1.807) is 6.92 Å². The van der Waals surface area contributed by atoms with Crippen molar-refractivity contribution >= 4 is 29.3 Å². The number of amides is 2. The van der Waals surface area contributed by atoms with Crippen LogP contribution in [0.1, 0.15) is 5.56 Å². The predicted molar refractivity (Wildman–Crippen MR) is 84.0 cm³/mol. The van der Waals surface area contributed by atoms with E-state index in [1.807, 2.05) is 0 Å². The fourth-order valence-corrected chi connectivity index (χ4v) is 2.93. The van der Waals surface area contributed by atoms with E-state index in [4.69, 9.17) is 21.4 Å². The third-order valence-corrected chi connectivity index (χ3v) is 4.38. The average Bonchev–Trinajstić information content (AvgIpc) is 2.96.